The SMILES string of the molecule is COc1cc(C=NNC(=O)c2cc(C(C)(C)C)[nH]n2)cc(OC)c1OC(C)=O. The number of aromatic nitrogens is 2. The molecule has 0 bridgehead atoms. The predicted octanol–water partition coefficient (Wildman–Crippen LogP) is 2.41. The van der Waals surface area contributed by atoms with Gasteiger partial charge in [0.25, 0.3) is 5.91 Å². The summed E-state index contributed by atoms with van der Waals surface area (Å²) >= 11 is 0. The quantitative estimate of drug-likeness (QED) is 0.340. The number of ether oxygens (including phenoxy) is 3. The number of aromatic amines is 1. The summed E-state index contributed by atoms with van der Waals surface area (Å²) in [5, 5.41) is 10.8. The van der Waals surface area contributed by atoms with Crippen LogP contribution in [0.1, 0.15) is 49.4 Å². The van der Waals surface area contributed by atoms with Gasteiger partial charge in [-0.15, -0.1) is 0 Å². The number of esters is 1. The molecule has 2 aromatic rings. The van der Waals surface area contributed by atoms with Crippen LogP contribution in [-0.2, 0) is 10.2 Å². The number of H-pyrrole nitrogens is 1. The fourth-order valence-electron chi connectivity index (χ4n) is 2.26. The number of hydrogen-bond acceptors (Lipinski definition) is 7. The molecule has 0 saturated heterocycles. The molecule has 1 aromatic carbocycles. The van der Waals surface area contributed by atoms with Gasteiger partial charge in [-0.1, -0.05) is 20.8 Å². The van der Waals surface area contributed by atoms with Gasteiger partial charge in [0.15, 0.2) is 17.2 Å². The van der Waals surface area contributed by atoms with Crippen LogP contribution in [0.25, 0.3) is 0 Å². The van der Waals surface area contributed by atoms with Gasteiger partial charge in [0, 0.05) is 23.6 Å². The van der Waals surface area contributed by atoms with Crippen LogP contribution in [0, 0.1) is 0 Å². The van der Waals surface area contributed by atoms with Crippen molar-refractivity contribution in [3.63, 3.8) is 0 Å². The Bertz CT molecular complexity index is 871. The number of benzene rings is 1. The van der Waals surface area contributed by atoms with Gasteiger partial charge in [-0.2, -0.15) is 10.2 Å². The first-order valence-corrected chi connectivity index (χ1v) is 8.49. The molecule has 0 saturated carbocycles. The van der Waals surface area contributed by atoms with Crippen molar-refractivity contribution in [1.82, 2.24) is 15.6 Å². The number of carbonyl (C=O) groups excluding carboxylic acids is 2. The first kappa shape index (κ1) is 20.9. The fourth-order valence-corrected chi connectivity index (χ4v) is 2.26. The Balaban J connectivity index is 2.16. The van der Waals surface area contributed by atoms with Crippen LogP contribution >= 0.6 is 0 Å². The summed E-state index contributed by atoms with van der Waals surface area (Å²) in [7, 11) is 2.88. The van der Waals surface area contributed by atoms with E-state index in [1.54, 1.807) is 18.2 Å². The molecule has 0 spiro atoms. The maximum Gasteiger partial charge on any atom is 0.308 e. The van der Waals surface area contributed by atoms with Crippen LogP contribution in [0.2, 0.25) is 0 Å². The topological polar surface area (TPSA) is 115 Å². The minimum atomic E-state index is -0.501. The minimum absolute atomic E-state index is 0.147. The molecule has 1 aromatic heterocycles. The highest BCUT2D eigenvalue weighted by Crippen LogP contribution is 2.38. The highest BCUT2D eigenvalue weighted by molar-refractivity contribution is 5.93. The van der Waals surface area contributed by atoms with E-state index in [-0.39, 0.29) is 16.9 Å². The third kappa shape index (κ3) is 5.09. The first-order valence-electron chi connectivity index (χ1n) is 8.49. The molecule has 1 amide bonds. The predicted molar refractivity (Wildman–Crippen MR) is 103 cm³/mol. The van der Waals surface area contributed by atoms with E-state index >= 15 is 0 Å². The smallest absolute Gasteiger partial charge is 0.308 e. The molecule has 0 fully saturated rings. The molecule has 0 atom stereocenters. The molecule has 150 valence electrons. The number of nitrogens with one attached hydrogen (secondary N) is 2. The summed E-state index contributed by atoms with van der Waals surface area (Å²) in [5.74, 6) is -0.184. The molecule has 9 heteroatoms. The van der Waals surface area contributed by atoms with Crippen molar-refractivity contribution in [1.29, 1.82) is 0 Å². The molecule has 0 aliphatic carbocycles. The summed E-state index contributed by atoms with van der Waals surface area (Å²) in [6.07, 6.45) is 1.41. The highest BCUT2D eigenvalue weighted by Gasteiger charge is 2.19. The fraction of sp³-hybridized carbons (Fsp3) is 0.368. The van der Waals surface area contributed by atoms with E-state index < -0.39 is 11.9 Å². The second kappa shape index (κ2) is 8.55. The van der Waals surface area contributed by atoms with Crippen molar-refractivity contribution in [2.45, 2.75) is 33.1 Å². The third-order valence-electron chi connectivity index (χ3n) is 3.73. The summed E-state index contributed by atoms with van der Waals surface area (Å²) in [4.78, 5) is 23.4. The van der Waals surface area contributed by atoms with Gasteiger partial charge >= 0.3 is 5.97 Å². The lowest BCUT2D eigenvalue weighted by atomic mass is 9.92. The zero-order valence-electron chi connectivity index (χ0n) is 16.7. The average Bonchev–Trinajstić information content (AvgIpc) is 3.12. The van der Waals surface area contributed by atoms with Crippen LogP contribution in [-0.4, -0.2) is 42.5 Å². The Labute approximate surface area is 163 Å². The third-order valence-corrected chi connectivity index (χ3v) is 3.73. The molecule has 2 N–H and O–H groups in total. The van der Waals surface area contributed by atoms with Crippen LogP contribution in [0.4, 0.5) is 0 Å². The van der Waals surface area contributed by atoms with Crippen molar-refractivity contribution < 1.29 is 23.8 Å². The lowest BCUT2D eigenvalue weighted by Crippen LogP contribution is -2.18. The average molecular weight is 388 g/mol. The van der Waals surface area contributed by atoms with E-state index in [9.17, 15) is 9.59 Å². The van der Waals surface area contributed by atoms with E-state index in [1.807, 2.05) is 20.8 Å². The summed E-state index contributed by atoms with van der Waals surface area (Å²) in [6.45, 7) is 7.33. The van der Waals surface area contributed by atoms with Crippen LogP contribution in [0.15, 0.2) is 23.3 Å². The molecule has 0 aliphatic heterocycles. The van der Waals surface area contributed by atoms with Gasteiger partial charge in [-0.3, -0.25) is 14.7 Å². The molecular formula is C19H24N4O5. The number of hydrazone groups is 1. The van der Waals surface area contributed by atoms with E-state index in [0.29, 0.717) is 17.1 Å². The standard InChI is InChI=1S/C19H24N4O5/c1-11(24)28-17-14(26-5)7-12(8-15(17)27-6)10-20-23-18(25)13-9-16(22-21-13)19(2,3)4/h7-10H,1-6H3,(H,21,22)(H,23,25). The number of amides is 1. The first-order chi connectivity index (χ1) is 13.2. The molecule has 28 heavy (non-hydrogen) atoms. The number of rotatable bonds is 6. The van der Waals surface area contributed by atoms with Crippen molar-refractivity contribution >= 4 is 18.1 Å². The van der Waals surface area contributed by atoms with Crippen molar-refractivity contribution in [2.24, 2.45) is 5.10 Å². The van der Waals surface area contributed by atoms with Gasteiger partial charge in [0.2, 0.25) is 5.75 Å². The van der Waals surface area contributed by atoms with E-state index in [1.165, 1.54) is 27.4 Å². The number of hydrogen-bond donors (Lipinski definition) is 2. The van der Waals surface area contributed by atoms with Gasteiger partial charge in [0.05, 0.1) is 20.4 Å². The Kier molecular flexibility index (Phi) is 6.40. The van der Waals surface area contributed by atoms with Crippen LogP contribution < -0.4 is 19.6 Å². The summed E-state index contributed by atoms with van der Waals surface area (Å²) < 4.78 is 15.6. The lowest BCUT2D eigenvalue weighted by molar-refractivity contribution is -0.132. The molecule has 0 radical (unpaired) electrons. The lowest BCUT2D eigenvalue weighted by Gasteiger charge is -2.14. The van der Waals surface area contributed by atoms with Crippen LogP contribution in [0.5, 0.6) is 17.2 Å². The van der Waals surface area contributed by atoms with E-state index in [0.717, 1.165) is 5.69 Å². The van der Waals surface area contributed by atoms with Crippen molar-refractivity contribution in [3.8, 4) is 17.2 Å². The Morgan fingerprint density at radius 3 is 2.21 bits per heavy atom. The Morgan fingerprint density at radius 1 is 1.14 bits per heavy atom. The second-order valence-corrected chi connectivity index (χ2v) is 6.96. The Morgan fingerprint density at radius 2 is 1.75 bits per heavy atom. The normalized spacial score (nSPS) is 11.4. The van der Waals surface area contributed by atoms with E-state index in [2.05, 4.69) is 20.7 Å². The largest absolute Gasteiger partial charge is 0.493 e. The van der Waals surface area contributed by atoms with Gasteiger partial charge in [-0.25, -0.2) is 5.43 Å². The number of nitrogens with zero attached hydrogens (tertiary/aromatic N) is 2. The van der Waals surface area contributed by atoms with Crippen LogP contribution in [0.3, 0.4) is 0 Å². The van der Waals surface area contributed by atoms with Crippen molar-refractivity contribution in [3.05, 3.63) is 35.2 Å². The van der Waals surface area contributed by atoms with E-state index in [4.69, 9.17) is 14.2 Å². The number of methoxy groups -OCH3 is 2. The zero-order chi connectivity index (χ0) is 20.9. The maximum absolute atomic E-state index is 12.2. The minimum Gasteiger partial charge on any atom is -0.493 e. The molecular weight excluding hydrogens is 364 g/mol. The number of carbonyl (C=O) groups is 2. The maximum atomic E-state index is 12.2. The van der Waals surface area contributed by atoms with Crippen molar-refractivity contribution in [2.75, 3.05) is 14.2 Å². The highest BCUT2D eigenvalue weighted by atomic mass is 16.6. The zero-order valence-corrected chi connectivity index (χ0v) is 16.7. The molecule has 0 unspecified atom stereocenters. The Hall–Kier alpha value is -3.36. The van der Waals surface area contributed by atoms with Gasteiger partial charge < -0.3 is 14.2 Å². The molecule has 1 heterocycles. The summed E-state index contributed by atoms with van der Waals surface area (Å²) in [5.41, 5.74) is 3.92. The summed E-state index contributed by atoms with van der Waals surface area (Å²) in [6, 6.07) is 4.89. The molecule has 0 aliphatic rings. The van der Waals surface area contributed by atoms with Gasteiger partial charge in [-0.05, 0) is 18.2 Å². The van der Waals surface area contributed by atoms with Gasteiger partial charge in [0.1, 0.15) is 0 Å². The monoisotopic (exact) mass is 388 g/mol. The molecule has 2 rings (SSSR count). The second-order valence-electron chi connectivity index (χ2n) is 6.96. The molecule has 9 nitrogen and oxygen atoms in total.